The molecule has 78 valence electrons. The van der Waals surface area contributed by atoms with E-state index in [1.165, 1.54) is 0 Å². The Morgan fingerprint density at radius 3 is 3.00 bits per heavy atom. The molecule has 0 bridgehead atoms. The molecule has 1 aromatic heterocycles. The van der Waals surface area contributed by atoms with Gasteiger partial charge in [-0.05, 0) is 20.3 Å². The van der Waals surface area contributed by atoms with E-state index in [-0.39, 0.29) is 6.10 Å². The second kappa shape index (κ2) is 3.71. The quantitative estimate of drug-likeness (QED) is 0.764. The number of rotatable bonds is 2. The van der Waals surface area contributed by atoms with Crippen LogP contribution in [0.4, 0.5) is 0 Å². The van der Waals surface area contributed by atoms with E-state index >= 15 is 0 Å². The molecule has 1 N–H and O–H groups in total. The first-order valence-corrected chi connectivity index (χ1v) is 4.99. The number of hydrogen-bond acceptors (Lipinski definition) is 4. The van der Waals surface area contributed by atoms with Crippen molar-refractivity contribution in [1.29, 1.82) is 0 Å². The van der Waals surface area contributed by atoms with Gasteiger partial charge in [0.25, 0.3) is 0 Å². The third kappa shape index (κ3) is 1.96. The van der Waals surface area contributed by atoms with Crippen LogP contribution in [-0.4, -0.2) is 33.9 Å². The highest BCUT2D eigenvalue weighted by Gasteiger charge is 2.28. The summed E-state index contributed by atoms with van der Waals surface area (Å²) in [4.78, 5) is 2.21. The second-order valence-electron chi connectivity index (χ2n) is 4.10. The number of aliphatic hydroxyl groups excluding tert-OH is 1. The van der Waals surface area contributed by atoms with Gasteiger partial charge in [-0.15, -0.1) is 0 Å². The molecule has 4 nitrogen and oxygen atoms in total. The molecule has 1 saturated heterocycles. The third-order valence-electron chi connectivity index (χ3n) is 2.72. The summed E-state index contributed by atoms with van der Waals surface area (Å²) in [5.41, 5.74) is 0.910. The van der Waals surface area contributed by atoms with Crippen molar-refractivity contribution >= 4 is 0 Å². The molecular weight excluding hydrogens is 180 g/mol. The van der Waals surface area contributed by atoms with Gasteiger partial charge in [0, 0.05) is 18.7 Å². The summed E-state index contributed by atoms with van der Waals surface area (Å²) in [7, 11) is 0. The van der Waals surface area contributed by atoms with Gasteiger partial charge in [0.2, 0.25) is 0 Å². The van der Waals surface area contributed by atoms with Gasteiger partial charge in [0.05, 0.1) is 18.3 Å². The Balaban J connectivity index is 1.98. The van der Waals surface area contributed by atoms with Crippen LogP contribution in [0.15, 0.2) is 10.6 Å². The van der Waals surface area contributed by atoms with E-state index in [9.17, 15) is 5.11 Å². The summed E-state index contributed by atoms with van der Waals surface area (Å²) in [5.74, 6) is 0.878. The van der Waals surface area contributed by atoms with Gasteiger partial charge in [-0.1, -0.05) is 5.16 Å². The molecule has 0 amide bonds. The zero-order chi connectivity index (χ0) is 10.1. The summed E-state index contributed by atoms with van der Waals surface area (Å²) < 4.78 is 5.14. The number of β-amino-alcohol motifs (C(OH)–C–C–N with tert-alkyl or cyclic N) is 1. The molecule has 2 atom stereocenters. The Kier molecular flexibility index (Phi) is 2.56. The summed E-state index contributed by atoms with van der Waals surface area (Å²) in [6.07, 6.45) is 0.668. The molecule has 2 heterocycles. The Morgan fingerprint density at radius 2 is 2.50 bits per heavy atom. The topological polar surface area (TPSA) is 49.5 Å². The lowest BCUT2D eigenvalue weighted by atomic mass is 10.2. The fourth-order valence-electron chi connectivity index (χ4n) is 1.98. The van der Waals surface area contributed by atoms with Crippen LogP contribution in [0.25, 0.3) is 0 Å². The predicted molar refractivity (Wildman–Crippen MR) is 51.7 cm³/mol. The molecular formula is C10H16N2O2. The van der Waals surface area contributed by atoms with Gasteiger partial charge < -0.3 is 9.63 Å². The summed E-state index contributed by atoms with van der Waals surface area (Å²) >= 11 is 0. The van der Waals surface area contributed by atoms with Crippen LogP contribution >= 0.6 is 0 Å². The van der Waals surface area contributed by atoms with Crippen molar-refractivity contribution in [2.24, 2.45) is 0 Å². The van der Waals surface area contributed by atoms with Gasteiger partial charge in [0.15, 0.2) is 5.76 Å². The van der Waals surface area contributed by atoms with Crippen molar-refractivity contribution in [1.82, 2.24) is 10.1 Å². The lowest BCUT2D eigenvalue weighted by Gasteiger charge is -2.18. The third-order valence-corrected chi connectivity index (χ3v) is 2.72. The van der Waals surface area contributed by atoms with Gasteiger partial charge in [-0.3, -0.25) is 4.90 Å². The largest absolute Gasteiger partial charge is 0.392 e. The molecule has 1 aliphatic rings. The SMILES string of the molecule is Cc1cc(CN2CC(O)CC2C)on1. The first-order chi connectivity index (χ1) is 6.65. The number of aromatic nitrogens is 1. The number of hydrogen-bond donors (Lipinski definition) is 1. The Hall–Kier alpha value is -0.870. The van der Waals surface area contributed by atoms with Gasteiger partial charge >= 0.3 is 0 Å². The number of aryl methyl sites for hydroxylation is 1. The Morgan fingerprint density at radius 1 is 1.71 bits per heavy atom. The lowest BCUT2D eigenvalue weighted by Crippen LogP contribution is -2.26. The van der Waals surface area contributed by atoms with E-state index in [4.69, 9.17) is 4.52 Å². The second-order valence-corrected chi connectivity index (χ2v) is 4.10. The van der Waals surface area contributed by atoms with Crippen LogP contribution in [0.3, 0.4) is 0 Å². The van der Waals surface area contributed by atoms with Crippen LogP contribution in [0.5, 0.6) is 0 Å². The van der Waals surface area contributed by atoms with Gasteiger partial charge in [-0.25, -0.2) is 0 Å². The first kappa shape index (κ1) is 9.68. The minimum Gasteiger partial charge on any atom is -0.392 e. The average molecular weight is 196 g/mol. The van der Waals surface area contributed by atoms with Crippen molar-refractivity contribution in [2.45, 2.75) is 39.0 Å². The van der Waals surface area contributed by atoms with E-state index in [0.29, 0.717) is 6.04 Å². The molecule has 0 spiro atoms. The van der Waals surface area contributed by atoms with Crippen LogP contribution in [0.2, 0.25) is 0 Å². The van der Waals surface area contributed by atoms with Gasteiger partial charge in [0.1, 0.15) is 0 Å². The standard InChI is InChI=1S/C10H16N2O2/c1-7-3-10(14-11-7)6-12-5-9(13)4-8(12)2/h3,8-9,13H,4-6H2,1-2H3. The molecule has 2 rings (SSSR count). The fourth-order valence-corrected chi connectivity index (χ4v) is 1.98. The summed E-state index contributed by atoms with van der Waals surface area (Å²) in [6, 6.07) is 2.37. The Labute approximate surface area is 83.5 Å². The fraction of sp³-hybridized carbons (Fsp3) is 0.700. The van der Waals surface area contributed by atoms with Crippen LogP contribution < -0.4 is 0 Å². The molecule has 0 aromatic carbocycles. The molecule has 14 heavy (non-hydrogen) atoms. The van der Waals surface area contributed by atoms with E-state index in [2.05, 4.69) is 17.0 Å². The smallest absolute Gasteiger partial charge is 0.150 e. The predicted octanol–water partition coefficient (Wildman–Crippen LogP) is 0.938. The molecule has 2 unspecified atom stereocenters. The molecule has 0 aliphatic carbocycles. The maximum Gasteiger partial charge on any atom is 0.150 e. The van der Waals surface area contributed by atoms with Crippen molar-refractivity contribution in [3.05, 3.63) is 17.5 Å². The van der Waals surface area contributed by atoms with E-state index in [0.717, 1.165) is 31.0 Å². The summed E-state index contributed by atoms with van der Waals surface area (Å²) in [5, 5.41) is 13.3. The highest BCUT2D eigenvalue weighted by atomic mass is 16.5. The van der Waals surface area contributed by atoms with E-state index in [1.807, 2.05) is 13.0 Å². The molecule has 1 fully saturated rings. The minimum atomic E-state index is -0.186. The maximum atomic E-state index is 9.47. The highest BCUT2D eigenvalue weighted by Crippen LogP contribution is 2.20. The maximum absolute atomic E-state index is 9.47. The zero-order valence-corrected chi connectivity index (χ0v) is 8.60. The zero-order valence-electron chi connectivity index (χ0n) is 8.60. The van der Waals surface area contributed by atoms with E-state index < -0.39 is 0 Å². The molecule has 4 heteroatoms. The monoisotopic (exact) mass is 196 g/mol. The van der Waals surface area contributed by atoms with Crippen LogP contribution in [-0.2, 0) is 6.54 Å². The van der Waals surface area contributed by atoms with Crippen LogP contribution in [0, 0.1) is 6.92 Å². The van der Waals surface area contributed by atoms with Crippen LogP contribution in [0.1, 0.15) is 24.8 Å². The first-order valence-electron chi connectivity index (χ1n) is 4.99. The molecule has 0 radical (unpaired) electrons. The molecule has 1 aliphatic heterocycles. The highest BCUT2D eigenvalue weighted by molar-refractivity contribution is 5.03. The van der Waals surface area contributed by atoms with Crippen molar-refractivity contribution in [2.75, 3.05) is 6.54 Å². The molecule has 0 saturated carbocycles. The molecule has 1 aromatic rings. The van der Waals surface area contributed by atoms with Crippen molar-refractivity contribution in [3.63, 3.8) is 0 Å². The van der Waals surface area contributed by atoms with Crippen molar-refractivity contribution in [3.8, 4) is 0 Å². The number of likely N-dealkylation sites (tertiary alicyclic amines) is 1. The van der Waals surface area contributed by atoms with E-state index in [1.54, 1.807) is 0 Å². The van der Waals surface area contributed by atoms with Crippen molar-refractivity contribution < 1.29 is 9.63 Å². The minimum absolute atomic E-state index is 0.186. The number of nitrogens with zero attached hydrogens (tertiary/aromatic N) is 2. The lowest BCUT2D eigenvalue weighted by molar-refractivity contribution is 0.167. The summed E-state index contributed by atoms with van der Waals surface area (Å²) in [6.45, 7) is 5.52. The normalized spacial score (nSPS) is 28.5. The number of aliphatic hydroxyl groups is 1. The average Bonchev–Trinajstić information content (AvgIpc) is 2.61. The van der Waals surface area contributed by atoms with Gasteiger partial charge in [-0.2, -0.15) is 0 Å². The Bertz CT molecular complexity index is 311.